The van der Waals surface area contributed by atoms with Gasteiger partial charge in [0.1, 0.15) is 0 Å². The lowest BCUT2D eigenvalue weighted by Gasteiger charge is -2.41. The summed E-state index contributed by atoms with van der Waals surface area (Å²) < 4.78 is 5.82. The van der Waals surface area contributed by atoms with E-state index in [0.29, 0.717) is 36.4 Å². The highest BCUT2D eigenvalue weighted by atomic mass is 16.5. The van der Waals surface area contributed by atoms with E-state index in [2.05, 4.69) is 50.2 Å². The Kier molecular flexibility index (Phi) is 8.37. The van der Waals surface area contributed by atoms with Crippen molar-refractivity contribution in [3.8, 4) is 0 Å². The molecule has 2 rings (SSSR count). The fourth-order valence-corrected chi connectivity index (χ4v) is 4.51. The van der Waals surface area contributed by atoms with Crippen LogP contribution in [-0.2, 0) is 9.53 Å². The molecule has 0 aromatic heterocycles. The summed E-state index contributed by atoms with van der Waals surface area (Å²) in [6.07, 6.45) is 5.16. The molecule has 5 heteroatoms. The van der Waals surface area contributed by atoms with Crippen molar-refractivity contribution >= 4 is 5.91 Å². The summed E-state index contributed by atoms with van der Waals surface area (Å²) >= 11 is 0. The van der Waals surface area contributed by atoms with Gasteiger partial charge >= 0.3 is 0 Å². The SMILES string of the molecule is CC(C)CN1CCOC(CNC(=O)CNC2CCCCC2C(C)(C)C)C1. The maximum Gasteiger partial charge on any atom is 0.234 e. The fraction of sp³-hybridized carbons (Fsp3) is 0.952. The molecule has 0 radical (unpaired) electrons. The second-order valence-electron chi connectivity index (χ2n) is 9.69. The van der Waals surface area contributed by atoms with E-state index in [-0.39, 0.29) is 12.0 Å². The smallest absolute Gasteiger partial charge is 0.234 e. The summed E-state index contributed by atoms with van der Waals surface area (Å²) in [7, 11) is 0. The molecule has 1 heterocycles. The second-order valence-corrected chi connectivity index (χ2v) is 9.69. The highest BCUT2D eigenvalue weighted by molar-refractivity contribution is 5.78. The van der Waals surface area contributed by atoms with Crippen molar-refractivity contribution in [1.82, 2.24) is 15.5 Å². The first-order valence-corrected chi connectivity index (χ1v) is 10.6. The Labute approximate surface area is 160 Å². The van der Waals surface area contributed by atoms with Crippen molar-refractivity contribution < 1.29 is 9.53 Å². The van der Waals surface area contributed by atoms with E-state index in [0.717, 1.165) is 26.2 Å². The topological polar surface area (TPSA) is 53.6 Å². The lowest BCUT2D eigenvalue weighted by Crippen LogP contribution is -2.51. The van der Waals surface area contributed by atoms with E-state index < -0.39 is 0 Å². The lowest BCUT2D eigenvalue weighted by atomic mass is 9.69. The standard InChI is InChI=1S/C21H41N3O2/c1-16(2)14-24-10-11-26-17(15-24)12-23-20(25)13-22-19-9-7-6-8-18(19)21(3,4)5/h16-19,22H,6-15H2,1-5H3,(H,23,25). The van der Waals surface area contributed by atoms with Crippen LogP contribution in [0.25, 0.3) is 0 Å². The largest absolute Gasteiger partial charge is 0.374 e. The molecular formula is C21H41N3O2. The molecule has 1 saturated heterocycles. The van der Waals surface area contributed by atoms with Gasteiger partial charge in [-0.15, -0.1) is 0 Å². The summed E-state index contributed by atoms with van der Waals surface area (Å²) in [5.41, 5.74) is 0.296. The number of amides is 1. The van der Waals surface area contributed by atoms with Crippen LogP contribution in [0.3, 0.4) is 0 Å². The highest BCUT2D eigenvalue weighted by Gasteiger charge is 2.34. The van der Waals surface area contributed by atoms with Crippen LogP contribution in [0.4, 0.5) is 0 Å². The quantitative estimate of drug-likeness (QED) is 0.726. The minimum atomic E-state index is 0.0906. The zero-order valence-corrected chi connectivity index (χ0v) is 17.6. The molecule has 1 aliphatic carbocycles. The molecule has 0 aromatic carbocycles. The summed E-state index contributed by atoms with van der Waals surface area (Å²) in [6, 6.07) is 0.460. The Bertz CT molecular complexity index is 433. The molecule has 152 valence electrons. The Morgan fingerprint density at radius 3 is 2.65 bits per heavy atom. The molecule has 1 saturated carbocycles. The number of hydrogen-bond acceptors (Lipinski definition) is 4. The third-order valence-electron chi connectivity index (χ3n) is 5.78. The predicted molar refractivity (Wildman–Crippen MR) is 107 cm³/mol. The van der Waals surface area contributed by atoms with Crippen LogP contribution in [0.2, 0.25) is 0 Å². The van der Waals surface area contributed by atoms with Crippen LogP contribution in [0, 0.1) is 17.3 Å². The molecule has 3 unspecified atom stereocenters. The van der Waals surface area contributed by atoms with Crippen molar-refractivity contribution in [2.75, 3.05) is 39.3 Å². The molecule has 0 bridgehead atoms. The minimum absolute atomic E-state index is 0.0906. The van der Waals surface area contributed by atoms with Gasteiger partial charge in [0.25, 0.3) is 0 Å². The van der Waals surface area contributed by atoms with E-state index >= 15 is 0 Å². The van der Waals surface area contributed by atoms with E-state index in [1.807, 2.05) is 0 Å². The molecule has 2 N–H and O–H groups in total. The number of nitrogens with zero attached hydrogens (tertiary/aromatic N) is 1. The van der Waals surface area contributed by atoms with Gasteiger partial charge in [-0.25, -0.2) is 0 Å². The first-order chi connectivity index (χ1) is 12.3. The van der Waals surface area contributed by atoms with Gasteiger partial charge < -0.3 is 15.4 Å². The number of hydrogen-bond donors (Lipinski definition) is 2. The first kappa shape index (κ1) is 21.6. The number of rotatable bonds is 7. The Morgan fingerprint density at radius 2 is 1.96 bits per heavy atom. The van der Waals surface area contributed by atoms with E-state index in [9.17, 15) is 4.79 Å². The molecule has 26 heavy (non-hydrogen) atoms. The average molecular weight is 368 g/mol. The third kappa shape index (κ3) is 7.16. The van der Waals surface area contributed by atoms with Gasteiger partial charge in [0.2, 0.25) is 5.91 Å². The van der Waals surface area contributed by atoms with Crippen LogP contribution in [0.5, 0.6) is 0 Å². The van der Waals surface area contributed by atoms with E-state index in [1.54, 1.807) is 0 Å². The molecule has 0 aromatic rings. The van der Waals surface area contributed by atoms with Gasteiger partial charge in [-0.2, -0.15) is 0 Å². The summed E-state index contributed by atoms with van der Waals surface area (Å²) in [5.74, 6) is 1.40. The van der Waals surface area contributed by atoms with Crippen LogP contribution in [0.15, 0.2) is 0 Å². The van der Waals surface area contributed by atoms with Gasteiger partial charge in [-0.1, -0.05) is 47.5 Å². The lowest BCUT2D eigenvalue weighted by molar-refractivity contribution is -0.121. The molecule has 0 spiro atoms. The monoisotopic (exact) mass is 367 g/mol. The molecule has 1 amide bonds. The van der Waals surface area contributed by atoms with E-state index in [1.165, 1.54) is 25.7 Å². The zero-order valence-electron chi connectivity index (χ0n) is 17.6. The number of ether oxygens (including phenoxy) is 1. The molecule has 2 aliphatic rings. The number of morpholine rings is 1. The molecular weight excluding hydrogens is 326 g/mol. The minimum Gasteiger partial charge on any atom is -0.374 e. The molecule has 5 nitrogen and oxygen atoms in total. The third-order valence-corrected chi connectivity index (χ3v) is 5.78. The fourth-order valence-electron chi connectivity index (χ4n) is 4.51. The Hall–Kier alpha value is -0.650. The van der Waals surface area contributed by atoms with Gasteiger partial charge in [0.05, 0.1) is 19.3 Å². The van der Waals surface area contributed by atoms with Crippen LogP contribution in [-0.4, -0.2) is 62.3 Å². The summed E-state index contributed by atoms with van der Waals surface area (Å²) in [5, 5.41) is 6.60. The van der Waals surface area contributed by atoms with Crippen LogP contribution >= 0.6 is 0 Å². The van der Waals surface area contributed by atoms with Gasteiger partial charge in [0, 0.05) is 32.2 Å². The molecule has 3 atom stereocenters. The normalized spacial score (nSPS) is 28.3. The van der Waals surface area contributed by atoms with Crippen molar-refractivity contribution in [2.24, 2.45) is 17.3 Å². The van der Waals surface area contributed by atoms with Crippen LogP contribution in [0.1, 0.15) is 60.3 Å². The second kappa shape index (κ2) is 10.0. The maximum absolute atomic E-state index is 12.3. The highest BCUT2D eigenvalue weighted by Crippen LogP contribution is 2.37. The maximum atomic E-state index is 12.3. The van der Waals surface area contributed by atoms with Crippen molar-refractivity contribution in [3.05, 3.63) is 0 Å². The van der Waals surface area contributed by atoms with Crippen molar-refractivity contribution in [3.63, 3.8) is 0 Å². The number of carbonyl (C=O) groups is 1. The van der Waals surface area contributed by atoms with Gasteiger partial charge in [-0.3, -0.25) is 9.69 Å². The van der Waals surface area contributed by atoms with Crippen molar-refractivity contribution in [2.45, 2.75) is 72.4 Å². The molecule has 1 aliphatic heterocycles. The zero-order chi connectivity index (χ0) is 19.2. The van der Waals surface area contributed by atoms with Crippen LogP contribution < -0.4 is 10.6 Å². The van der Waals surface area contributed by atoms with Gasteiger partial charge in [-0.05, 0) is 30.1 Å². The number of nitrogens with one attached hydrogen (secondary N) is 2. The predicted octanol–water partition coefficient (Wildman–Crippen LogP) is 2.65. The Morgan fingerprint density at radius 1 is 1.23 bits per heavy atom. The number of carbonyl (C=O) groups excluding carboxylic acids is 1. The average Bonchev–Trinajstić information content (AvgIpc) is 2.57. The van der Waals surface area contributed by atoms with E-state index in [4.69, 9.17) is 4.74 Å². The summed E-state index contributed by atoms with van der Waals surface area (Å²) in [4.78, 5) is 14.7. The molecule has 2 fully saturated rings. The van der Waals surface area contributed by atoms with Gasteiger partial charge in [0.15, 0.2) is 0 Å². The van der Waals surface area contributed by atoms with Crippen molar-refractivity contribution in [1.29, 1.82) is 0 Å². The first-order valence-electron chi connectivity index (χ1n) is 10.6. The summed E-state index contributed by atoms with van der Waals surface area (Å²) in [6.45, 7) is 16.3. The Balaban J connectivity index is 1.70.